The molecular weight excluding hydrogens is 556 g/mol. The van der Waals surface area contributed by atoms with Gasteiger partial charge in [0, 0.05) is 25.2 Å². The van der Waals surface area contributed by atoms with E-state index in [1.54, 1.807) is 0 Å². The van der Waals surface area contributed by atoms with Crippen molar-refractivity contribution >= 4 is 36.8 Å². The molecule has 1 fully saturated rings. The molecule has 17 heteroatoms. The first kappa shape index (κ1) is 29.2. The van der Waals surface area contributed by atoms with E-state index in [0.29, 0.717) is 16.5 Å². The Morgan fingerprint density at radius 3 is 2.51 bits per heavy atom. The standard InChI is InChI=1S/C24H22BF3N4O9/c26-6-7-31-8-9-32(22(36)21(31)35)24(39)30-18(12-4-5-14(33)17(28)16(12)27)20(34)29-15-10-11-2-1-3-13(23(37)38)19(11)41-25(15)40/h1-5,15,18,33,40H,6-10H2,(H,29,34)(H,30,39)(H,37,38)/t15-,18?/m0/s1. The third kappa shape index (κ3) is 5.74. The molecule has 5 N–H and O–H groups in total. The van der Waals surface area contributed by atoms with Crippen molar-refractivity contribution in [1.82, 2.24) is 20.4 Å². The Kier molecular flexibility index (Phi) is 8.37. The number of urea groups is 1. The van der Waals surface area contributed by atoms with Gasteiger partial charge in [-0.1, -0.05) is 12.1 Å². The maximum atomic E-state index is 14.8. The average molecular weight is 578 g/mol. The third-order valence-electron chi connectivity index (χ3n) is 6.52. The van der Waals surface area contributed by atoms with Crippen LogP contribution < -0.4 is 15.3 Å². The predicted molar refractivity (Wildman–Crippen MR) is 131 cm³/mol. The van der Waals surface area contributed by atoms with Crippen molar-refractivity contribution in [2.24, 2.45) is 0 Å². The number of fused-ring (bicyclic) bond motifs is 1. The Morgan fingerprint density at radius 2 is 1.83 bits per heavy atom. The van der Waals surface area contributed by atoms with Crippen LogP contribution in [0.5, 0.6) is 11.5 Å². The van der Waals surface area contributed by atoms with E-state index in [0.717, 1.165) is 11.0 Å². The van der Waals surface area contributed by atoms with Crippen LogP contribution in [0, 0.1) is 11.6 Å². The summed E-state index contributed by atoms with van der Waals surface area (Å²) in [5.41, 5.74) is -0.733. The quantitative estimate of drug-likeness (QED) is 0.221. The van der Waals surface area contributed by atoms with Crippen LogP contribution in [0.15, 0.2) is 30.3 Å². The second-order valence-electron chi connectivity index (χ2n) is 9.05. The van der Waals surface area contributed by atoms with Crippen molar-refractivity contribution in [2.45, 2.75) is 18.4 Å². The zero-order valence-corrected chi connectivity index (χ0v) is 21.0. The Hall–Kier alpha value is -4.80. The molecule has 1 saturated heterocycles. The number of nitrogens with one attached hydrogen (secondary N) is 2. The van der Waals surface area contributed by atoms with Gasteiger partial charge in [-0.25, -0.2) is 18.4 Å². The third-order valence-corrected chi connectivity index (χ3v) is 6.52. The number of hydrogen-bond acceptors (Lipinski definition) is 8. The van der Waals surface area contributed by atoms with E-state index >= 15 is 0 Å². The minimum Gasteiger partial charge on any atom is -0.534 e. The number of hydrogen-bond donors (Lipinski definition) is 5. The van der Waals surface area contributed by atoms with E-state index in [9.17, 15) is 52.4 Å². The number of halogens is 3. The largest absolute Gasteiger partial charge is 0.547 e. The van der Waals surface area contributed by atoms with Crippen LogP contribution in [0.4, 0.5) is 18.0 Å². The highest BCUT2D eigenvalue weighted by Gasteiger charge is 2.41. The Balaban J connectivity index is 1.60. The summed E-state index contributed by atoms with van der Waals surface area (Å²) >= 11 is 0. The normalized spacial score (nSPS) is 17.5. The van der Waals surface area contributed by atoms with Crippen molar-refractivity contribution < 1.29 is 57.0 Å². The second-order valence-corrected chi connectivity index (χ2v) is 9.05. The number of piperazine rings is 1. The summed E-state index contributed by atoms with van der Waals surface area (Å²) in [6.07, 6.45) is -0.167. The first-order chi connectivity index (χ1) is 19.4. The molecule has 41 heavy (non-hydrogen) atoms. The number of rotatable bonds is 7. The predicted octanol–water partition coefficient (Wildman–Crippen LogP) is -0.101. The number of carbonyl (C=O) groups is 5. The number of aromatic hydroxyl groups is 1. The van der Waals surface area contributed by atoms with E-state index < -0.39 is 85.0 Å². The topological polar surface area (TPSA) is 186 Å². The van der Waals surface area contributed by atoms with E-state index in [1.807, 2.05) is 0 Å². The Morgan fingerprint density at radius 1 is 1.10 bits per heavy atom. The smallest absolute Gasteiger partial charge is 0.534 e. The van der Waals surface area contributed by atoms with Gasteiger partial charge in [0.05, 0.1) is 11.5 Å². The molecule has 2 aromatic rings. The van der Waals surface area contributed by atoms with Crippen LogP contribution in [0.3, 0.4) is 0 Å². The highest BCUT2D eigenvalue weighted by atomic mass is 19.2. The molecule has 2 aliphatic heterocycles. The van der Waals surface area contributed by atoms with Crippen LogP contribution in [-0.4, -0.2) is 94.1 Å². The number of phenolic OH excluding ortho intramolecular Hbond substituents is 1. The van der Waals surface area contributed by atoms with Gasteiger partial charge in [-0.05, 0) is 30.2 Å². The molecule has 0 radical (unpaired) electrons. The van der Waals surface area contributed by atoms with Crippen molar-refractivity contribution in [3.63, 3.8) is 0 Å². The minimum atomic E-state index is -2.07. The van der Waals surface area contributed by atoms with Crippen LogP contribution in [0.1, 0.15) is 27.5 Å². The molecule has 0 saturated carbocycles. The molecule has 4 rings (SSSR count). The molecule has 2 heterocycles. The van der Waals surface area contributed by atoms with E-state index in [-0.39, 0.29) is 30.8 Å². The van der Waals surface area contributed by atoms with Gasteiger partial charge >= 0.3 is 30.9 Å². The Labute approximate surface area is 229 Å². The zero-order chi connectivity index (χ0) is 30.0. The molecule has 2 aliphatic rings. The van der Waals surface area contributed by atoms with E-state index in [4.69, 9.17) is 4.65 Å². The van der Waals surface area contributed by atoms with Crippen molar-refractivity contribution in [2.75, 3.05) is 26.3 Å². The summed E-state index contributed by atoms with van der Waals surface area (Å²) in [6, 6.07) is 2.23. The molecule has 0 aliphatic carbocycles. The lowest BCUT2D eigenvalue weighted by Crippen LogP contribution is -2.60. The summed E-state index contributed by atoms with van der Waals surface area (Å²) in [6.45, 7) is -1.93. The number of para-hydroxylation sites is 1. The lowest BCUT2D eigenvalue weighted by Gasteiger charge is -2.33. The first-order valence-electron chi connectivity index (χ1n) is 12.1. The Bertz CT molecular complexity index is 1430. The maximum absolute atomic E-state index is 14.8. The molecule has 216 valence electrons. The number of phenols is 1. The number of carboxylic acid groups (broad SMARTS) is 1. The summed E-state index contributed by atoms with van der Waals surface area (Å²) in [7, 11) is -1.80. The van der Waals surface area contributed by atoms with Gasteiger partial charge in [0.1, 0.15) is 18.5 Å². The van der Waals surface area contributed by atoms with Gasteiger partial charge < -0.3 is 35.4 Å². The molecule has 1 unspecified atom stereocenters. The molecule has 0 bridgehead atoms. The number of carbonyl (C=O) groups excluding carboxylic acids is 4. The van der Waals surface area contributed by atoms with Gasteiger partial charge in [-0.3, -0.25) is 19.3 Å². The SMILES string of the molecule is O=C(O)c1cccc2c1OB(O)[C@@H](NC(=O)C(NC(=O)N1CCN(CCF)C(=O)C1=O)c1ccc(O)c(F)c1F)C2. The summed E-state index contributed by atoms with van der Waals surface area (Å²) in [5.74, 6) is -11.0. The summed E-state index contributed by atoms with van der Waals surface area (Å²) < 4.78 is 47.0. The highest BCUT2D eigenvalue weighted by Crippen LogP contribution is 2.31. The number of amides is 5. The fraction of sp³-hybridized carbons (Fsp3) is 0.292. The maximum Gasteiger partial charge on any atom is 0.547 e. The fourth-order valence-corrected chi connectivity index (χ4v) is 4.43. The van der Waals surface area contributed by atoms with Crippen LogP contribution in [0.2, 0.25) is 0 Å². The monoisotopic (exact) mass is 578 g/mol. The summed E-state index contributed by atoms with van der Waals surface area (Å²) in [4.78, 5) is 63.7. The number of alkyl halides is 1. The average Bonchev–Trinajstić information content (AvgIpc) is 2.93. The number of benzene rings is 2. The molecule has 0 spiro atoms. The number of imide groups is 1. The van der Waals surface area contributed by atoms with Gasteiger partial charge in [-0.15, -0.1) is 0 Å². The lowest BCUT2D eigenvalue weighted by atomic mass is 9.72. The molecular formula is C24H22BF3N4O9. The van der Waals surface area contributed by atoms with Gasteiger partial charge in [0.15, 0.2) is 11.6 Å². The van der Waals surface area contributed by atoms with Crippen LogP contribution in [0.25, 0.3) is 0 Å². The van der Waals surface area contributed by atoms with Crippen LogP contribution >= 0.6 is 0 Å². The number of aromatic carboxylic acids is 1. The fourth-order valence-electron chi connectivity index (χ4n) is 4.43. The van der Waals surface area contributed by atoms with Crippen molar-refractivity contribution in [3.05, 3.63) is 58.7 Å². The molecule has 2 atom stereocenters. The lowest BCUT2D eigenvalue weighted by molar-refractivity contribution is -0.153. The second kappa shape index (κ2) is 11.8. The van der Waals surface area contributed by atoms with Gasteiger partial charge in [0.25, 0.3) is 0 Å². The minimum absolute atomic E-state index is 0.135. The molecule has 0 aromatic heterocycles. The molecule has 13 nitrogen and oxygen atoms in total. The van der Waals surface area contributed by atoms with Gasteiger partial charge in [-0.2, -0.15) is 4.39 Å². The van der Waals surface area contributed by atoms with E-state index in [2.05, 4.69) is 10.6 Å². The van der Waals surface area contributed by atoms with E-state index in [1.165, 1.54) is 18.2 Å². The molecule has 2 aromatic carbocycles. The molecule has 5 amide bonds. The zero-order valence-electron chi connectivity index (χ0n) is 21.0. The van der Waals surface area contributed by atoms with Crippen molar-refractivity contribution in [3.8, 4) is 11.5 Å². The highest BCUT2D eigenvalue weighted by molar-refractivity contribution is 6.47. The number of carboxylic acids is 1. The first-order valence-corrected chi connectivity index (χ1v) is 12.1. The summed E-state index contributed by atoms with van der Waals surface area (Å²) in [5, 5.41) is 33.7. The number of nitrogens with zero attached hydrogens (tertiary/aromatic N) is 2. The van der Waals surface area contributed by atoms with Crippen molar-refractivity contribution in [1.29, 1.82) is 0 Å². The van der Waals surface area contributed by atoms with Gasteiger partial charge in [0.2, 0.25) is 11.7 Å². The van der Waals surface area contributed by atoms with Crippen LogP contribution in [-0.2, 0) is 20.8 Å².